The third kappa shape index (κ3) is 2.44. The van der Waals surface area contributed by atoms with E-state index in [1.54, 1.807) is 6.07 Å². The molecule has 1 atom stereocenters. The summed E-state index contributed by atoms with van der Waals surface area (Å²) in [4.78, 5) is 0. The van der Waals surface area contributed by atoms with Gasteiger partial charge in [0.15, 0.2) is 11.5 Å². The molecule has 0 saturated carbocycles. The number of phenolic OH excluding ortho intramolecular Hbond substituents is 1. The molecule has 1 aromatic carbocycles. The number of aromatic hydroxyl groups is 1. The van der Waals surface area contributed by atoms with Crippen LogP contribution >= 0.6 is 31.9 Å². The number of methoxy groups -OCH3 is 1. The van der Waals surface area contributed by atoms with Gasteiger partial charge in [0.05, 0.1) is 19.8 Å². The van der Waals surface area contributed by atoms with Gasteiger partial charge in [0.1, 0.15) is 0 Å². The van der Waals surface area contributed by atoms with E-state index < -0.39 is 6.04 Å². The summed E-state index contributed by atoms with van der Waals surface area (Å²) in [6.45, 7) is -0.258. The Kier molecular flexibility index (Phi) is 4.39. The lowest BCUT2D eigenvalue weighted by Gasteiger charge is -2.16. The predicted molar refractivity (Wildman–Crippen MR) is 64.1 cm³/mol. The first kappa shape index (κ1) is 12.8. The van der Waals surface area contributed by atoms with Crippen molar-refractivity contribution in [3.63, 3.8) is 0 Å². The third-order valence-electron chi connectivity index (χ3n) is 1.98. The second-order valence-corrected chi connectivity index (χ2v) is 4.57. The van der Waals surface area contributed by atoms with Crippen LogP contribution in [-0.4, -0.2) is 23.9 Å². The highest BCUT2D eigenvalue weighted by molar-refractivity contribution is 9.13. The molecule has 0 aliphatic carbocycles. The predicted octanol–water partition coefficient (Wildman–Crippen LogP) is 1.92. The van der Waals surface area contributed by atoms with Crippen molar-refractivity contribution in [1.82, 2.24) is 0 Å². The second kappa shape index (κ2) is 5.16. The lowest BCUT2D eigenvalue weighted by molar-refractivity contribution is 0.263. The fourth-order valence-electron chi connectivity index (χ4n) is 1.20. The van der Waals surface area contributed by atoms with Crippen LogP contribution in [0.15, 0.2) is 15.0 Å². The molecular weight excluding hydrogens is 330 g/mol. The molecule has 0 bridgehead atoms. The summed E-state index contributed by atoms with van der Waals surface area (Å²) in [7, 11) is 1.45. The van der Waals surface area contributed by atoms with E-state index in [-0.39, 0.29) is 12.4 Å². The van der Waals surface area contributed by atoms with Crippen molar-refractivity contribution in [1.29, 1.82) is 0 Å². The zero-order chi connectivity index (χ0) is 11.6. The van der Waals surface area contributed by atoms with Gasteiger partial charge in [-0.05, 0) is 37.9 Å². The fourth-order valence-corrected chi connectivity index (χ4v) is 2.22. The molecule has 15 heavy (non-hydrogen) atoms. The summed E-state index contributed by atoms with van der Waals surface area (Å²) >= 11 is 6.58. The quantitative estimate of drug-likeness (QED) is 0.785. The Bertz CT molecular complexity index is 371. The van der Waals surface area contributed by atoms with E-state index in [1.165, 1.54) is 7.11 Å². The summed E-state index contributed by atoms with van der Waals surface area (Å²) in [5.41, 5.74) is 6.09. The summed E-state index contributed by atoms with van der Waals surface area (Å²) in [5, 5.41) is 18.8. The van der Waals surface area contributed by atoms with Gasteiger partial charge in [-0.25, -0.2) is 0 Å². The maximum atomic E-state index is 9.83. The van der Waals surface area contributed by atoms with Gasteiger partial charge < -0.3 is 20.7 Å². The number of phenols is 1. The minimum Gasteiger partial charge on any atom is -0.504 e. The molecule has 0 heterocycles. The SMILES string of the molecule is COc1cc(Br)c(Br)c([C@H](N)CO)c1O. The van der Waals surface area contributed by atoms with E-state index in [0.717, 1.165) is 0 Å². The standard InChI is InChI=1S/C9H11Br2NO3/c1-15-6-2-4(10)8(11)7(9(6)14)5(12)3-13/h2,5,13-14H,3,12H2,1H3/t5-/m1/s1. The highest BCUT2D eigenvalue weighted by Crippen LogP contribution is 2.42. The number of benzene rings is 1. The number of nitrogens with two attached hydrogens (primary N) is 1. The molecule has 4 N–H and O–H groups in total. The van der Waals surface area contributed by atoms with Crippen molar-refractivity contribution in [3.8, 4) is 11.5 Å². The lowest BCUT2D eigenvalue weighted by Crippen LogP contribution is -2.15. The average Bonchev–Trinajstić information content (AvgIpc) is 2.23. The average molecular weight is 341 g/mol. The van der Waals surface area contributed by atoms with E-state index in [0.29, 0.717) is 20.3 Å². The molecule has 0 aromatic heterocycles. The fraction of sp³-hybridized carbons (Fsp3) is 0.333. The van der Waals surface area contributed by atoms with Gasteiger partial charge >= 0.3 is 0 Å². The Morgan fingerprint density at radius 2 is 2.13 bits per heavy atom. The molecule has 0 aliphatic heterocycles. The lowest BCUT2D eigenvalue weighted by atomic mass is 10.1. The number of ether oxygens (including phenoxy) is 1. The number of hydrogen-bond acceptors (Lipinski definition) is 4. The van der Waals surface area contributed by atoms with Crippen molar-refractivity contribution < 1.29 is 14.9 Å². The molecule has 84 valence electrons. The van der Waals surface area contributed by atoms with Crippen molar-refractivity contribution in [3.05, 3.63) is 20.6 Å². The number of hydrogen-bond donors (Lipinski definition) is 3. The first-order valence-corrected chi connectivity index (χ1v) is 5.72. The van der Waals surface area contributed by atoms with Crippen LogP contribution in [0.1, 0.15) is 11.6 Å². The molecule has 0 radical (unpaired) electrons. The maximum absolute atomic E-state index is 9.83. The Morgan fingerprint density at radius 3 is 2.60 bits per heavy atom. The van der Waals surface area contributed by atoms with E-state index >= 15 is 0 Å². The van der Waals surface area contributed by atoms with Crippen LogP contribution in [0.4, 0.5) is 0 Å². The summed E-state index contributed by atoms with van der Waals surface area (Å²) in [6.07, 6.45) is 0. The Balaban J connectivity index is 3.40. The van der Waals surface area contributed by atoms with E-state index in [2.05, 4.69) is 31.9 Å². The largest absolute Gasteiger partial charge is 0.504 e. The van der Waals surface area contributed by atoms with Gasteiger partial charge in [-0.15, -0.1) is 0 Å². The molecule has 0 spiro atoms. The molecule has 1 aromatic rings. The molecule has 4 nitrogen and oxygen atoms in total. The Labute approximate surface area is 104 Å². The molecular formula is C9H11Br2NO3. The van der Waals surface area contributed by atoms with Crippen molar-refractivity contribution in [2.24, 2.45) is 5.73 Å². The monoisotopic (exact) mass is 339 g/mol. The van der Waals surface area contributed by atoms with Gasteiger partial charge in [-0.1, -0.05) is 0 Å². The van der Waals surface area contributed by atoms with Crippen LogP contribution in [0.2, 0.25) is 0 Å². The Hall–Kier alpha value is -0.300. The third-order valence-corrected chi connectivity index (χ3v) is 3.99. The van der Waals surface area contributed by atoms with Crippen LogP contribution in [-0.2, 0) is 0 Å². The zero-order valence-electron chi connectivity index (χ0n) is 8.00. The van der Waals surface area contributed by atoms with Crippen molar-refractivity contribution in [2.45, 2.75) is 6.04 Å². The molecule has 6 heteroatoms. The van der Waals surface area contributed by atoms with Crippen molar-refractivity contribution >= 4 is 31.9 Å². The van der Waals surface area contributed by atoms with Crippen LogP contribution in [0.3, 0.4) is 0 Å². The molecule has 0 unspecified atom stereocenters. The summed E-state index contributed by atoms with van der Waals surface area (Å²) in [6, 6.07) is 0.957. The van der Waals surface area contributed by atoms with Gasteiger partial charge in [-0.2, -0.15) is 0 Å². The highest BCUT2D eigenvalue weighted by atomic mass is 79.9. The van der Waals surface area contributed by atoms with Gasteiger partial charge in [0.2, 0.25) is 0 Å². The van der Waals surface area contributed by atoms with E-state index in [9.17, 15) is 5.11 Å². The highest BCUT2D eigenvalue weighted by Gasteiger charge is 2.20. The molecule has 0 amide bonds. The van der Waals surface area contributed by atoms with Crippen LogP contribution in [0.25, 0.3) is 0 Å². The van der Waals surface area contributed by atoms with Gasteiger partial charge in [0, 0.05) is 14.5 Å². The molecule has 1 rings (SSSR count). The van der Waals surface area contributed by atoms with Crippen LogP contribution in [0.5, 0.6) is 11.5 Å². The number of halogens is 2. The Morgan fingerprint density at radius 1 is 1.53 bits per heavy atom. The first-order chi connectivity index (χ1) is 7.02. The van der Waals surface area contributed by atoms with Gasteiger partial charge in [-0.3, -0.25) is 0 Å². The first-order valence-electron chi connectivity index (χ1n) is 4.14. The van der Waals surface area contributed by atoms with E-state index in [1.807, 2.05) is 0 Å². The number of aliphatic hydroxyl groups excluding tert-OH is 1. The maximum Gasteiger partial charge on any atom is 0.163 e. The van der Waals surface area contributed by atoms with Crippen LogP contribution < -0.4 is 10.5 Å². The minimum atomic E-state index is -0.661. The zero-order valence-corrected chi connectivity index (χ0v) is 11.2. The number of rotatable bonds is 3. The molecule has 0 saturated heterocycles. The normalized spacial score (nSPS) is 12.6. The summed E-state index contributed by atoms with van der Waals surface area (Å²) < 4.78 is 6.30. The molecule has 0 aliphatic rings. The number of aliphatic hydroxyl groups is 1. The minimum absolute atomic E-state index is 0.0610. The van der Waals surface area contributed by atoms with Gasteiger partial charge in [0.25, 0.3) is 0 Å². The van der Waals surface area contributed by atoms with Crippen LogP contribution in [0, 0.1) is 0 Å². The topological polar surface area (TPSA) is 75.7 Å². The van der Waals surface area contributed by atoms with E-state index in [4.69, 9.17) is 15.6 Å². The molecule has 0 fully saturated rings. The second-order valence-electron chi connectivity index (χ2n) is 2.93. The summed E-state index contributed by atoms with van der Waals surface area (Å²) in [5.74, 6) is 0.248. The smallest absolute Gasteiger partial charge is 0.163 e. The van der Waals surface area contributed by atoms with Crippen molar-refractivity contribution in [2.75, 3.05) is 13.7 Å².